The third-order valence-corrected chi connectivity index (χ3v) is 4.33. The molecule has 1 amide bonds. The smallest absolute Gasteiger partial charge is 0.332 e. The lowest BCUT2D eigenvalue weighted by molar-refractivity contribution is 0.0680. The second-order valence-electron chi connectivity index (χ2n) is 5.11. The number of carbonyl (C=O) groups is 1. The summed E-state index contributed by atoms with van der Waals surface area (Å²) in [6.07, 6.45) is 2.44. The lowest BCUT2D eigenvalue weighted by atomic mass is 10.1. The van der Waals surface area contributed by atoms with Crippen molar-refractivity contribution in [2.24, 2.45) is 17.8 Å². The van der Waals surface area contributed by atoms with Crippen LogP contribution in [0.5, 0.6) is 0 Å². The molecule has 3 aliphatic rings. The molecule has 4 rings (SSSR count). The lowest BCUT2D eigenvalue weighted by Gasteiger charge is -2.25. The Kier molecular flexibility index (Phi) is 1.37. The molecule has 0 spiro atoms. The van der Waals surface area contributed by atoms with E-state index in [2.05, 4.69) is 15.2 Å². The maximum absolute atomic E-state index is 12.1. The van der Waals surface area contributed by atoms with E-state index in [9.17, 15) is 9.59 Å². The fourth-order valence-electron chi connectivity index (χ4n) is 3.58. The van der Waals surface area contributed by atoms with Crippen LogP contribution in [0.1, 0.15) is 23.5 Å². The first kappa shape index (κ1) is 8.55. The Labute approximate surface area is 91.0 Å². The molecule has 2 N–H and O–H groups in total. The maximum Gasteiger partial charge on any atom is 0.341 e. The van der Waals surface area contributed by atoms with Gasteiger partial charge in [0.2, 0.25) is 5.82 Å². The molecule has 6 heteroatoms. The lowest BCUT2D eigenvalue weighted by Crippen LogP contribution is -2.39. The van der Waals surface area contributed by atoms with Crippen LogP contribution in [0.4, 0.5) is 0 Å². The van der Waals surface area contributed by atoms with Gasteiger partial charge < -0.3 is 4.90 Å². The molecule has 2 aliphatic carbocycles. The van der Waals surface area contributed by atoms with Gasteiger partial charge >= 0.3 is 5.69 Å². The Morgan fingerprint density at radius 2 is 2.25 bits per heavy atom. The predicted molar refractivity (Wildman–Crippen MR) is 53.7 cm³/mol. The molecule has 16 heavy (non-hydrogen) atoms. The average Bonchev–Trinajstić information content (AvgIpc) is 2.68. The highest BCUT2D eigenvalue weighted by molar-refractivity contribution is 5.91. The molecular formula is C10H12N4O2. The molecule has 0 radical (unpaired) electrons. The molecule has 0 unspecified atom stereocenters. The van der Waals surface area contributed by atoms with Gasteiger partial charge in [-0.05, 0) is 30.6 Å². The number of likely N-dealkylation sites (tertiary alicyclic amines) is 1. The molecule has 1 saturated heterocycles. The summed E-state index contributed by atoms with van der Waals surface area (Å²) in [5.41, 5.74) is -0.419. The van der Waals surface area contributed by atoms with Crippen LogP contribution in [0.25, 0.3) is 0 Å². The number of amides is 1. The summed E-state index contributed by atoms with van der Waals surface area (Å²) >= 11 is 0. The van der Waals surface area contributed by atoms with Crippen LogP contribution >= 0.6 is 0 Å². The number of aromatic amines is 2. The van der Waals surface area contributed by atoms with Crippen molar-refractivity contribution < 1.29 is 4.79 Å². The SMILES string of the molecule is O=C(c1n[nH]c(=O)[nH]1)N1C[C@@H]2C[C@H]1[C@H]1C[C@@H]21. The molecule has 6 nitrogen and oxygen atoms in total. The Balaban J connectivity index is 1.63. The van der Waals surface area contributed by atoms with E-state index in [0.29, 0.717) is 12.0 Å². The normalized spacial score (nSPS) is 38.9. The van der Waals surface area contributed by atoms with Gasteiger partial charge in [-0.25, -0.2) is 9.89 Å². The second-order valence-corrected chi connectivity index (χ2v) is 5.11. The molecule has 2 heterocycles. The standard InChI is InChI=1S/C10H12N4O2/c15-9(8-11-10(16)13-12-8)14-3-4-1-7(14)6-2-5(4)6/h4-7H,1-3H2,(H2,11,12,13,16)/t4-,5-,6-,7-/m0/s1. The Morgan fingerprint density at radius 1 is 1.38 bits per heavy atom. The molecule has 1 aromatic heterocycles. The van der Waals surface area contributed by atoms with E-state index in [1.54, 1.807) is 0 Å². The van der Waals surface area contributed by atoms with Crippen molar-refractivity contribution in [3.8, 4) is 0 Å². The van der Waals surface area contributed by atoms with E-state index >= 15 is 0 Å². The molecule has 2 saturated carbocycles. The van der Waals surface area contributed by atoms with Gasteiger partial charge in [-0.2, -0.15) is 0 Å². The third kappa shape index (κ3) is 0.942. The number of rotatable bonds is 1. The summed E-state index contributed by atoms with van der Waals surface area (Å²) in [7, 11) is 0. The van der Waals surface area contributed by atoms with Gasteiger partial charge in [0.15, 0.2) is 0 Å². The van der Waals surface area contributed by atoms with E-state index in [-0.39, 0.29) is 11.7 Å². The van der Waals surface area contributed by atoms with Crippen molar-refractivity contribution in [3.05, 3.63) is 16.3 Å². The first-order valence-corrected chi connectivity index (χ1v) is 5.69. The van der Waals surface area contributed by atoms with Crippen LogP contribution < -0.4 is 5.69 Å². The fraction of sp³-hybridized carbons (Fsp3) is 0.700. The highest BCUT2D eigenvalue weighted by Gasteiger charge is 2.61. The Morgan fingerprint density at radius 3 is 2.88 bits per heavy atom. The highest BCUT2D eigenvalue weighted by Crippen LogP contribution is 2.61. The molecule has 0 aromatic carbocycles. The number of nitrogens with one attached hydrogen (secondary N) is 2. The zero-order valence-corrected chi connectivity index (χ0v) is 8.64. The topological polar surface area (TPSA) is 81.8 Å². The van der Waals surface area contributed by atoms with E-state index < -0.39 is 5.69 Å². The van der Waals surface area contributed by atoms with Gasteiger partial charge in [-0.3, -0.25) is 9.78 Å². The summed E-state index contributed by atoms with van der Waals surface area (Å²) in [6, 6.07) is 0.405. The number of nitrogens with zero attached hydrogens (tertiary/aromatic N) is 2. The average molecular weight is 220 g/mol. The number of hydrogen-bond acceptors (Lipinski definition) is 3. The Bertz CT molecular complexity index is 519. The minimum atomic E-state index is -0.419. The van der Waals surface area contributed by atoms with Gasteiger partial charge in [-0.1, -0.05) is 0 Å². The number of fused-ring (bicyclic) bond motifs is 5. The van der Waals surface area contributed by atoms with Gasteiger partial charge in [-0.15, -0.1) is 5.10 Å². The number of piperidine rings is 1. The van der Waals surface area contributed by atoms with Gasteiger partial charge in [0, 0.05) is 12.6 Å². The van der Waals surface area contributed by atoms with Gasteiger partial charge in [0.25, 0.3) is 5.91 Å². The van der Waals surface area contributed by atoms with Crippen molar-refractivity contribution >= 4 is 5.91 Å². The summed E-state index contributed by atoms with van der Waals surface area (Å²) in [5.74, 6) is 2.33. The Hall–Kier alpha value is -1.59. The van der Waals surface area contributed by atoms with Crippen LogP contribution in [0, 0.1) is 17.8 Å². The van der Waals surface area contributed by atoms with Crippen LogP contribution in [-0.4, -0.2) is 38.6 Å². The third-order valence-electron chi connectivity index (χ3n) is 4.33. The highest BCUT2D eigenvalue weighted by atomic mass is 16.2. The molecule has 84 valence electrons. The van der Waals surface area contributed by atoms with E-state index in [0.717, 1.165) is 24.8 Å². The van der Waals surface area contributed by atoms with Crippen molar-refractivity contribution in [1.82, 2.24) is 20.1 Å². The first-order chi connectivity index (χ1) is 7.74. The maximum atomic E-state index is 12.1. The molecular weight excluding hydrogens is 208 g/mol. The van der Waals surface area contributed by atoms with E-state index in [1.807, 2.05) is 4.90 Å². The van der Waals surface area contributed by atoms with Crippen LogP contribution in [0.15, 0.2) is 4.79 Å². The second kappa shape index (κ2) is 2.56. The van der Waals surface area contributed by atoms with Crippen LogP contribution in [0.3, 0.4) is 0 Å². The number of hydrogen-bond donors (Lipinski definition) is 2. The number of carbonyl (C=O) groups excluding carboxylic acids is 1. The summed E-state index contributed by atoms with van der Waals surface area (Å²) in [6.45, 7) is 0.847. The van der Waals surface area contributed by atoms with Crippen molar-refractivity contribution in [1.29, 1.82) is 0 Å². The van der Waals surface area contributed by atoms with Crippen LogP contribution in [-0.2, 0) is 0 Å². The zero-order valence-electron chi connectivity index (χ0n) is 8.64. The quantitative estimate of drug-likeness (QED) is 0.674. The number of aromatic nitrogens is 3. The minimum absolute atomic E-state index is 0.129. The monoisotopic (exact) mass is 220 g/mol. The summed E-state index contributed by atoms with van der Waals surface area (Å²) in [4.78, 5) is 27.3. The van der Waals surface area contributed by atoms with Crippen molar-refractivity contribution in [2.75, 3.05) is 6.54 Å². The van der Waals surface area contributed by atoms with Gasteiger partial charge in [0.1, 0.15) is 0 Å². The summed E-state index contributed by atoms with van der Waals surface area (Å²) in [5, 5.41) is 5.93. The van der Waals surface area contributed by atoms with Crippen LogP contribution in [0.2, 0.25) is 0 Å². The largest absolute Gasteiger partial charge is 0.341 e. The van der Waals surface area contributed by atoms with E-state index in [1.165, 1.54) is 6.42 Å². The van der Waals surface area contributed by atoms with Crippen molar-refractivity contribution in [2.45, 2.75) is 18.9 Å². The molecule has 1 aromatic rings. The minimum Gasteiger partial charge on any atom is -0.332 e. The molecule has 2 bridgehead atoms. The van der Waals surface area contributed by atoms with E-state index in [4.69, 9.17) is 0 Å². The van der Waals surface area contributed by atoms with Crippen molar-refractivity contribution in [3.63, 3.8) is 0 Å². The van der Waals surface area contributed by atoms with Gasteiger partial charge in [0.05, 0.1) is 0 Å². The first-order valence-electron chi connectivity index (χ1n) is 5.69. The zero-order chi connectivity index (χ0) is 10.9. The summed E-state index contributed by atoms with van der Waals surface area (Å²) < 4.78 is 0. The molecule has 4 atom stereocenters. The molecule has 1 aliphatic heterocycles. The number of H-pyrrole nitrogens is 2. The fourth-order valence-corrected chi connectivity index (χ4v) is 3.58. The predicted octanol–water partition coefficient (Wildman–Crippen LogP) is -0.422. The molecule has 3 fully saturated rings.